The predicted octanol–water partition coefficient (Wildman–Crippen LogP) is -0.513. The summed E-state index contributed by atoms with van der Waals surface area (Å²) in [6, 6.07) is 6.22. The van der Waals surface area contributed by atoms with Crippen LogP contribution in [0.1, 0.15) is 31.1 Å². The van der Waals surface area contributed by atoms with E-state index in [0.29, 0.717) is 17.9 Å². The van der Waals surface area contributed by atoms with Gasteiger partial charge in [-0.3, -0.25) is 30.0 Å². The fraction of sp³-hybridized carbons (Fsp3) is 0.375. The summed E-state index contributed by atoms with van der Waals surface area (Å²) in [4.78, 5) is 46.2. The number of hydrazine groups is 1. The molecule has 0 saturated carbocycles. The summed E-state index contributed by atoms with van der Waals surface area (Å²) in [5.41, 5.74) is 4.35. The van der Waals surface area contributed by atoms with Crippen LogP contribution in [0.4, 0.5) is 0 Å². The van der Waals surface area contributed by atoms with Gasteiger partial charge in [-0.1, -0.05) is 0 Å². The van der Waals surface area contributed by atoms with Gasteiger partial charge < -0.3 is 15.4 Å². The van der Waals surface area contributed by atoms with Gasteiger partial charge in [-0.15, -0.1) is 0 Å². The van der Waals surface area contributed by atoms with Gasteiger partial charge in [0.25, 0.3) is 11.8 Å². The summed E-state index contributed by atoms with van der Waals surface area (Å²) in [5, 5.41) is 4.76. The standard InChI is InChI=1S/C16H22N4O5/c1-4-25-12-7-5-11(6-8-12)14(22)17-9-13(21)19-20-16(24)15(23)18-10(2)3/h5-8,10H,4,9H2,1-3H3,(H,17,22)(H,18,23)(H,19,21)(H,20,24). The lowest BCUT2D eigenvalue weighted by molar-refractivity contribution is -0.141. The van der Waals surface area contributed by atoms with Crippen LogP contribution >= 0.6 is 0 Å². The molecule has 4 N–H and O–H groups in total. The Balaban J connectivity index is 2.36. The minimum absolute atomic E-state index is 0.206. The molecule has 0 bridgehead atoms. The van der Waals surface area contributed by atoms with E-state index >= 15 is 0 Å². The molecule has 0 heterocycles. The zero-order valence-corrected chi connectivity index (χ0v) is 14.3. The molecule has 25 heavy (non-hydrogen) atoms. The van der Waals surface area contributed by atoms with E-state index < -0.39 is 23.6 Å². The fourth-order valence-corrected chi connectivity index (χ4v) is 1.69. The first kappa shape index (κ1) is 19.9. The highest BCUT2D eigenvalue weighted by Gasteiger charge is 2.15. The number of hydrogen-bond donors (Lipinski definition) is 4. The van der Waals surface area contributed by atoms with Gasteiger partial charge in [0, 0.05) is 11.6 Å². The van der Waals surface area contributed by atoms with Gasteiger partial charge in [0.2, 0.25) is 0 Å². The highest BCUT2D eigenvalue weighted by molar-refractivity contribution is 6.35. The van der Waals surface area contributed by atoms with E-state index in [1.807, 2.05) is 17.8 Å². The van der Waals surface area contributed by atoms with Gasteiger partial charge in [-0.05, 0) is 45.0 Å². The molecule has 1 aromatic rings. The zero-order chi connectivity index (χ0) is 18.8. The van der Waals surface area contributed by atoms with E-state index in [1.54, 1.807) is 38.1 Å². The molecule has 0 aromatic heterocycles. The summed E-state index contributed by atoms with van der Waals surface area (Å²) in [7, 11) is 0. The second kappa shape index (κ2) is 9.91. The Morgan fingerprint density at radius 2 is 1.64 bits per heavy atom. The van der Waals surface area contributed by atoms with E-state index in [2.05, 4.69) is 10.6 Å². The zero-order valence-electron chi connectivity index (χ0n) is 14.3. The van der Waals surface area contributed by atoms with Crippen LogP contribution in [0.3, 0.4) is 0 Å². The first-order valence-corrected chi connectivity index (χ1v) is 7.74. The van der Waals surface area contributed by atoms with Crippen LogP contribution in [0.25, 0.3) is 0 Å². The van der Waals surface area contributed by atoms with Crippen molar-refractivity contribution < 1.29 is 23.9 Å². The average Bonchev–Trinajstić information content (AvgIpc) is 2.57. The van der Waals surface area contributed by atoms with E-state index in [0.717, 1.165) is 0 Å². The maximum Gasteiger partial charge on any atom is 0.327 e. The SMILES string of the molecule is CCOc1ccc(C(=O)NCC(=O)NNC(=O)C(=O)NC(C)C)cc1. The molecule has 0 atom stereocenters. The topological polar surface area (TPSA) is 126 Å². The highest BCUT2D eigenvalue weighted by atomic mass is 16.5. The molecule has 0 aliphatic carbocycles. The maximum atomic E-state index is 11.9. The quantitative estimate of drug-likeness (QED) is 0.406. The molecule has 0 radical (unpaired) electrons. The third kappa shape index (κ3) is 7.34. The average molecular weight is 350 g/mol. The van der Waals surface area contributed by atoms with Gasteiger partial charge in [0.1, 0.15) is 5.75 Å². The monoisotopic (exact) mass is 350 g/mol. The summed E-state index contributed by atoms with van der Waals surface area (Å²) >= 11 is 0. The first-order valence-electron chi connectivity index (χ1n) is 7.74. The van der Waals surface area contributed by atoms with Crippen LogP contribution in [0.5, 0.6) is 5.75 Å². The molecule has 1 rings (SSSR count). The number of amides is 4. The van der Waals surface area contributed by atoms with Gasteiger partial charge in [-0.25, -0.2) is 0 Å². The Hall–Kier alpha value is -3.10. The summed E-state index contributed by atoms with van der Waals surface area (Å²) < 4.78 is 5.27. The second-order valence-electron chi connectivity index (χ2n) is 5.27. The lowest BCUT2D eigenvalue weighted by Crippen LogP contribution is -2.51. The predicted molar refractivity (Wildman–Crippen MR) is 89.5 cm³/mol. The van der Waals surface area contributed by atoms with Crippen molar-refractivity contribution in [2.45, 2.75) is 26.8 Å². The van der Waals surface area contributed by atoms with Crippen molar-refractivity contribution in [3.63, 3.8) is 0 Å². The van der Waals surface area contributed by atoms with Crippen LogP contribution in [0.2, 0.25) is 0 Å². The van der Waals surface area contributed by atoms with Crippen molar-refractivity contribution in [1.29, 1.82) is 0 Å². The molecule has 9 nitrogen and oxygen atoms in total. The van der Waals surface area contributed by atoms with Crippen LogP contribution in [0.15, 0.2) is 24.3 Å². The molecular weight excluding hydrogens is 328 g/mol. The van der Waals surface area contributed by atoms with Crippen molar-refractivity contribution in [2.24, 2.45) is 0 Å². The largest absolute Gasteiger partial charge is 0.494 e. The van der Waals surface area contributed by atoms with Crippen LogP contribution < -0.4 is 26.2 Å². The number of ether oxygens (including phenoxy) is 1. The van der Waals surface area contributed by atoms with E-state index in [1.165, 1.54) is 0 Å². The van der Waals surface area contributed by atoms with E-state index in [4.69, 9.17) is 4.74 Å². The number of benzene rings is 1. The highest BCUT2D eigenvalue weighted by Crippen LogP contribution is 2.11. The second-order valence-corrected chi connectivity index (χ2v) is 5.27. The molecule has 1 aromatic carbocycles. The lowest BCUT2D eigenvalue weighted by Gasteiger charge is -2.10. The molecule has 0 saturated heterocycles. The number of nitrogens with one attached hydrogen (secondary N) is 4. The van der Waals surface area contributed by atoms with Crippen molar-refractivity contribution in [2.75, 3.05) is 13.2 Å². The van der Waals surface area contributed by atoms with Crippen molar-refractivity contribution >= 4 is 23.6 Å². The van der Waals surface area contributed by atoms with Crippen LogP contribution in [-0.4, -0.2) is 42.8 Å². The van der Waals surface area contributed by atoms with Crippen molar-refractivity contribution in [3.8, 4) is 5.75 Å². The molecule has 0 aliphatic heterocycles. The Kier molecular flexibility index (Phi) is 7.91. The first-order chi connectivity index (χ1) is 11.8. The van der Waals surface area contributed by atoms with Crippen molar-refractivity contribution in [1.82, 2.24) is 21.5 Å². The third-order valence-electron chi connectivity index (χ3n) is 2.78. The van der Waals surface area contributed by atoms with Gasteiger partial charge in [0.05, 0.1) is 13.2 Å². The van der Waals surface area contributed by atoms with Crippen LogP contribution in [-0.2, 0) is 14.4 Å². The van der Waals surface area contributed by atoms with Crippen molar-refractivity contribution in [3.05, 3.63) is 29.8 Å². The molecular formula is C16H22N4O5. The van der Waals surface area contributed by atoms with Gasteiger partial charge in [0.15, 0.2) is 0 Å². The Morgan fingerprint density at radius 3 is 2.20 bits per heavy atom. The minimum atomic E-state index is -1.00. The number of carbonyl (C=O) groups excluding carboxylic acids is 4. The van der Waals surface area contributed by atoms with E-state index in [-0.39, 0.29) is 12.6 Å². The Morgan fingerprint density at radius 1 is 1.00 bits per heavy atom. The lowest BCUT2D eigenvalue weighted by atomic mass is 10.2. The Labute approximate surface area is 145 Å². The number of rotatable bonds is 6. The molecule has 9 heteroatoms. The molecule has 0 spiro atoms. The third-order valence-corrected chi connectivity index (χ3v) is 2.78. The molecule has 136 valence electrons. The normalized spacial score (nSPS) is 9.92. The van der Waals surface area contributed by atoms with Crippen LogP contribution in [0, 0.1) is 0 Å². The van der Waals surface area contributed by atoms with Gasteiger partial charge in [-0.2, -0.15) is 0 Å². The smallest absolute Gasteiger partial charge is 0.327 e. The fourth-order valence-electron chi connectivity index (χ4n) is 1.69. The number of hydrogen-bond acceptors (Lipinski definition) is 5. The molecule has 0 fully saturated rings. The molecule has 0 aliphatic rings. The number of carbonyl (C=O) groups is 4. The summed E-state index contributed by atoms with van der Waals surface area (Å²) in [6.45, 7) is 5.40. The maximum absolute atomic E-state index is 11.9. The molecule has 0 unspecified atom stereocenters. The minimum Gasteiger partial charge on any atom is -0.494 e. The summed E-state index contributed by atoms with van der Waals surface area (Å²) in [5.74, 6) is -2.36. The summed E-state index contributed by atoms with van der Waals surface area (Å²) in [6.07, 6.45) is 0. The Bertz CT molecular complexity index is 628. The van der Waals surface area contributed by atoms with Gasteiger partial charge >= 0.3 is 11.8 Å². The molecule has 4 amide bonds. The van der Waals surface area contributed by atoms with E-state index in [9.17, 15) is 19.2 Å².